The topological polar surface area (TPSA) is 46.6 Å². The number of amides is 2. The Labute approximate surface area is 171 Å². The molecule has 2 amide bonds. The number of allylic oxidation sites excluding steroid dienone is 1. The zero-order valence-electron chi connectivity index (χ0n) is 15.2. The van der Waals surface area contributed by atoms with Crippen LogP contribution in [0.2, 0.25) is 10.0 Å². The lowest BCUT2D eigenvalue weighted by Crippen LogP contribution is -2.44. The number of cyclic esters (lactones) is 1. The molecule has 0 atom stereocenters. The molecular formula is C21H16Cl2FNO3. The van der Waals surface area contributed by atoms with Crippen LogP contribution in [0.5, 0.6) is 0 Å². The number of aryl methyl sites for hydroxylation is 1. The van der Waals surface area contributed by atoms with Gasteiger partial charge >= 0.3 is 6.09 Å². The largest absolute Gasteiger partial charge is 0.438 e. The van der Waals surface area contributed by atoms with Crippen molar-refractivity contribution in [1.29, 1.82) is 0 Å². The van der Waals surface area contributed by atoms with E-state index in [1.165, 1.54) is 6.07 Å². The maximum absolute atomic E-state index is 14.5. The van der Waals surface area contributed by atoms with Crippen LogP contribution in [0.1, 0.15) is 37.0 Å². The minimum absolute atomic E-state index is 0.144. The molecule has 2 aliphatic rings. The lowest BCUT2D eigenvalue weighted by Gasteiger charge is -2.36. The molecule has 144 valence electrons. The van der Waals surface area contributed by atoms with Gasteiger partial charge in [-0.3, -0.25) is 4.79 Å². The van der Waals surface area contributed by atoms with Crippen molar-refractivity contribution in [2.75, 3.05) is 4.90 Å². The van der Waals surface area contributed by atoms with Crippen molar-refractivity contribution in [1.82, 2.24) is 0 Å². The molecule has 2 aromatic rings. The van der Waals surface area contributed by atoms with Gasteiger partial charge in [0.15, 0.2) is 0 Å². The number of halogens is 3. The minimum atomic E-state index is -1.15. The Morgan fingerprint density at radius 3 is 2.68 bits per heavy atom. The van der Waals surface area contributed by atoms with Crippen molar-refractivity contribution in [3.8, 4) is 0 Å². The van der Waals surface area contributed by atoms with E-state index in [1.807, 2.05) is 18.2 Å². The number of rotatable bonds is 3. The number of anilines is 1. The van der Waals surface area contributed by atoms with Gasteiger partial charge in [-0.05, 0) is 50.5 Å². The summed E-state index contributed by atoms with van der Waals surface area (Å²) < 4.78 is 19.9. The maximum Gasteiger partial charge on any atom is 0.422 e. The Morgan fingerprint density at radius 1 is 1.21 bits per heavy atom. The van der Waals surface area contributed by atoms with Crippen LogP contribution in [0.15, 0.2) is 36.4 Å². The fourth-order valence-corrected chi connectivity index (χ4v) is 4.29. The fraction of sp³-hybridized carbons (Fsp3) is 0.238. The number of nitrogens with zero attached hydrogens (tertiary/aromatic N) is 1. The van der Waals surface area contributed by atoms with Gasteiger partial charge in [-0.2, -0.15) is 0 Å². The highest BCUT2D eigenvalue weighted by atomic mass is 35.5. The molecule has 0 unspecified atom stereocenters. The SMILES string of the molecule is CC1(C)OC(=O)N2C(=O)C(=CCCc3cccc(Cl)c3)c3cc(F)c(Cl)c1c32. The molecule has 0 bridgehead atoms. The summed E-state index contributed by atoms with van der Waals surface area (Å²) in [5.41, 5.74) is 1.11. The summed E-state index contributed by atoms with van der Waals surface area (Å²) in [6.07, 6.45) is 2.09. The van der Waals surface area contributed by atoms with Crippen molar-refractivity contribution < 1.29 is 18.7 Å². The average molecular weight is 420 g/mol. The summed E-state index contributed by atoms with van der Waals surface area (Å²) in [5, 5.41) is 0.491. The van der Waals surface area contributed by atoms with Gasteiger partial charge in [0.25, 0.3) is 5.91 Å². The number of hydrogen-bond donors (Lipinski definition) is 0. The molecule has 0 aliphatic carbocycles. The summed E-state index contributed by atoms with van der Waals surface area (Å²) in [6, 6.07) is 8.63. The van der Waals surface area contributed by atoms with E-state index in [4.69, 9.17) is 27.9 Å². The first-order chi connectivity index (χ1) is 13.2. The van der Waals surface area contributed by atoms with Crippen LogP contribution in [-0.2, 0) is 21.6 Å². The summed E-state index contributed by atoms with van der Waals surface area (Å²) in [7, 11) is 0. The Balaban J connectivity index is 1.77. The van der Waals surface area contributed by atoms with Gasteiger partial charge in [-0.15, -0.1) is 0 Å². The van der Waals surface area contributed by atoms with Crippen molar-refractivity contribution in [3.05, 3.63) is 69.0 Å². The number of hydrogen-bond acceptors (Lipinski definition) is 3. The molecule has 0 spiro atoms. The number of benzene rings is 2. The van der Waals surface area contributed by atoms with Gasteiger partial charge < -0.3 is 4.74 Å². The fourth-order valence-electron chi connectivity index (χ4n) is 3.70. The normalized spacial score (nSPS) is 18.5. The Kier molecular flexibility index (Phi) is 4.47. The van der Waals surface area contributed by atoms with Gasteiger partial charge in [0.1, 0.15) is 11.4 Å². The van der Waals surface area contributed by atoms with Crippen LogP contribution in [0.4, 0.5) is 14.9 Å². The van der Waals surface area contributed by atoms with E-state index < -0.39 is 23.4 Å². The predicted molar refractivity (Wildman–Crippen MR) is 106 cm³/mol. The van der Waals surface area contributed by atoms with Crippen molar-refractivity contribution in [2.24, 2.45) is 0 Å². The number of carbonyl (C=O) groups is 2. The molecule has 4 rings (SSSR count). The summed E-state index contributed by atoms with van der Waals surface area (Å²) in [6.45, 7) is 3.24. The van der Waals surface area contributed by atoms with Crippen LogP contribution in [-0.4, -0.2) is 12.0 Å². The molecule has 28 heavy (non-hydrogen) atoms. The first kappa shape index (κ1) is 19.0. The Morgan fingerprint density at radius 2 is 1.96 bits per heavy atom. The second-order valence-corrected chi connectivity index (χ2v) is 8.06. The minimum Gasteiger partial charge on any atom is -0.438 e. The Hall–Kier alpha value is -2.37. The highest BCUT2D eigenvalue weighted by molar-refractivity contribution is 6.41. The van der Waals surface area contributed by atoms with E-state index in [1.54, 1.807) is 26.0 Å². The zero-order chi connectivity index (χ0) is 20.2. The zero-order valence-corrected chi connectivity index (χ0v) is 16.7. The van der Waals surface area contributed by atoms with Gasteiger partial charge in [-0.25, -0.2) is 14.1 Å². The van der Waals surface area contributed by atoms with E-state index in [2.05, 4.69) is 0 Å². The van der Waals surface area contributed by atoms with Gasteiger partial charge in [0.2, 0.25) is 0 Å². The highest BCUT2D eigenvalue weighted by Gasteiger charge is 2.49. The molecule has 0 fully saturated rings. The lowest BCUT2D eigenvalue weighted by molar-refractivity contribution is -0.113. The van der Waals surface area contributed by atoms with Crippen molar-refractivity contribution in [2.45, 2.75) is 32.3 Å². The third kappa shape index (κ3) is 2.90. The molecule has 0 saturated heterocycles. The van der Waals surface area contributed by atoms with E-state index in [0.717, 1.165) is 10.5 Å². The molecule has 0 aromatic heterocycles. The number of ether oxygens (including phenoxy) is 1. The highest BCUT2D eigenvalue weighted by Crippen LogP contribution is 2.51. The van der Waals surface area contributed by atoms with E-state index in [0.29, 0.717) is 34.7 Å². The quantitative estimate of drug-likeness (QED) is 0.583. The summed E-state index contributed by atoms with van der Waals surface area (Å²) in [5.74, 6) is -1.19. The first-order valence-corrected chi connectivity index (χ1v) is 9.51. The number of imide groups is 1. The molecule has 0 N–H and O–H groups in total. The second-order valence-electron chi connectivity index (χ2n) is 7.25. The third-order valence-electron chi connectivity index (χ3n) is 4.94. The van der Waals surface area contributed by atoms with Crippen LogP contribution < -0.4 is 4.90 Å². The van der Waals surface area contributed by atoms with Crippen LogP contribution >= 0.6 is 23.2 Å². The second kappa shape index (κ2) is 6.61. The van der Waals surface area contributed by atoms with Crippen LogP contribution in [0.3, 0.4) is 0 Å². The summed E-state index contributed by atoms with van der Waals surface area (Å²) in [4.78, 5) is 26.3. The predicted octanol–water partition coefficient (Wildman–Crippen LogP) is 5.88. The van der Waals surface area contributed by atoms with E-state index >= 15 is 0 Å². The monoisotopic (exact) mass is 419 g/mol. The molecule has 0 saturated carbocycles. The average Bonchev–Trinajstić information content (AvgIpc) is 2.86. The van der Waals surface area contributed by atoms with Crippen molar-refractivity contribution in [3.63, 3.8) is 0 Å². The molecule has 2 aromatic carbocycles. The smallest absolute Gasteiger partial charge is 0.422 e. The Bertz CT molecular complexity index is 1060. The molecule has 0 radical (unpaired) electrons. The molecule has 2 aliphatic heterocycles. The lowest BCUT2D eigenvalue weighted by atomic mass is 9.91. The summed E-state index contributed by atoms with van der Waals surface area (Å²) >= 11 is 12.2. The van der Waals surface area contributed by atoms with Gasteiger partial charge in [-0.1, -0.05) is 41.4 Å². The maximum atomic E-state index is 14.5. The van der Waals surface area contributed by atoms with Gasteiger partial charge in [0.05, 0.1) is 10.7 Å². The molecular weight excluding hydrogens is 404 g/mol. The molecule has 4 nitrogen and oxygen atoms in total. The van der Waals surface area contributed by atoms with Gasteiger partial charge in [0, 0.05) is 21.7 Å². The van der Waals surface area contributed by atoms with Crippen LogP contribution in [0.25, 0.3) is 5.57 Å². The standard InChI is InChI=1S/C21H16Cl2FNO3/c1-21(2)16-17(23)15(24)10-14-13(19(26)25(18(14)16)20(27)28-21)8-4-6-11-5-3-7-12(22)9-11/h3,5,7-10H,4,6H2,1-2H3. The molecule has 2 heterocycles. The third-order valence-corrected chi connectivity index (χ3v) is 5.54. The van der Waals surface area contributed by atoms with Crippen LogP contribution in [0, 0.1) is 5.82 Å². The first-order valence-electron chi connectivity index (χ1n) is 8.75. The van der Waals surface area contributed by atoms with E-state index in [9.17, 15) is 14.0 Å². The molecule has 7 heteroatoms. The number of carbonyl (C=O) groups excluding carboxylic acids is 2. The van der Waals surface area contributed by atoms with Crippen molar-refractivity contribution >= 4 is 46.5 Å². The van der Waals surface area contributed by atoms with E-state index in [-0.39, 0.29) is 10.6 Å².